The van der Waals surface area contributed by atoms with Gasteiger partial charge in [0.25, 0.3) is 5.91 Å². The number of carbonyl (C=O) groups is 4. The Bertz CT molecular complexity index is 847. The van der Waals surface area contributed by atoms with Crippen molar-refractivity contribution in [2.45, 2.75) is 51.1 Å². The Kier molecular flexibility index (Phi) is 5.62. The summed E-state index contributed by atoms with van der Waals surface area (Å²) >= 11 is 0. The van der Waals surface area contributed by atoms with Gasteiger partial charge in [0.1, 0.15) is 6.04 Å². The van der Waals surface area contributed by atoms with Crippen LogP contribution < -0.4 is 16.0 Å². The monoisotopic (exact) mass is 398 g/mol. The number of hydrogen-bond acceptors (Lipinski definition) is 5. The zero-order chi connectivity index (χ0) is 20.4. The highest BCUT2D eigenvalue weighted by atomic mass is 16.2. The minimum Gasteiger partial charge on any atom is -0.326 e. The van der Waals surface area contributed by atoms with Gasteiger partial charge >= 0.3 is 0 Å². The fourth-order valence-corrected chi connectivity index (χ4v) is 4.38. The summed E-state index contributed by atoms with van der Waals surface area (Å²) in [6.07, 6.45) is 4.18. The highest BCUT2D eigenvalue weighted by molar-refractivity contribution is 6.05. The summed E-state index contributed by atoms with van der Waals surface area (Å²) in [6.45, 7) is 2.35. The smallest absolute Gasteiger partial charge is 0.255 e. The Labute approximate surface area is 169 Å². The Morgan fingerprint density at radius 3 is 2.69 bits per heavy atom. The Balaban J connectivity index is 1.36. The number of rotatable bonds is 5. The highest BCUT2D eigenvalue weighted by Crippen LogP contribution is 2.29. The largest absolute Gasteiger partial charge is 0.326 e. The summed E-state index contributed by atoms with van der Waals surface area (Å²) in [4.78, 5) is 50.0. The molecule has 0 radical (unpaired) electrons. The maximum absolute atomic E-state index is 12.7. The summed E-state index contributed by atoms with van der Waals surface area (Å²) in [5.41, 5.74) is 2.00. The molecule has 0 saturated carbocycles. The quantitative estimate of drug-likeness (QED) is 0.646. The van der Waals surface area contributed by atoms with Crippen molar-refractivity contribution in [1.29, 1.82) is 0 Å². The molecule has 4 rings (SSSR count). The Hall–Kier alpha value is -2.74. The molecule has 1 unspecified atom stereocenters. The van der Waals surface area contributed by atoms with Crippen LogP contribution in [0, 0.1) is 5.92 Å². The van der Waals surface area contributed by atoms with Crippen molar-refractivity contribution in [2.75, 3.05) is 18.4 Å². The van der Waals surface area contributed by atoms with E-state index in [0.29, 0.717) is 36.6 Å². The summed E-state index contributed by atoms with van der Waals surface area (Å²) in [5.74, 6) is -0.353. The zero-order valence-corrected chi connectivity index (χ0v) is 16.3. The van der Waals surface area contributed by atoms with Gasteiger partial charge < -0.3 is 15.5 Å². The number of imide groups is 1. The number of nitrogens with one attached hydrogen (secondary N) is 3. The number of anilines is 1. The van der Waals surface area contributed by atoms with Gasteiger partial charge in [-0.3, -0.25) is 24.5 Å². The molecule has 0 aliphatic carbocycles. The molecule has 8 heteroatoms. The molecule has 1 aromatic rings. The first-order valence-corrected chi connectivity index (χ1v) is 10.3. The van der Waals surface area contributed by atoms with Gasteiger partial charge in [0.2, 0.25) is 17.7 Å². The molecule has 3 heterocycles. The van der Waals surface area contributed by atoms with Gasteiger partial charge in [-0.05, 0) is 68.5 Å². The average molecular weight is 398 g/mol. The van der Waals surface area contributed by atoms with Gasteiger partial charge in [-0.2, -0.15) is 0 Å². The molecule has 3 aliphatic rings. The van der Waals surface area contributed by atoms with Crippen molar-refractivity contribution < 1.29 is 19.2 Å². The number of benzene rings is 1. The lowest BCUT2D eigenvalue weighted by atomic mass is 9.93. The van der Waals surface area contributed by atoms with E-state index in [1.165, 1.54) is 4.90 Å². The van der Waals surface area contributed by atoms with Crippen molar-refractivity contribution in [3.8, 4) is 0 Å². The lowest BCUT2D eigenvalue weighted by Gasteiger charge is -2.29. The van der Waals surface area contributed by atoms with Gasteiger partial charge in [0.15, 0.2) is 0 Å². The summed E-state index contributed by atoms with van der Waals surface area (Å²) in [7, 11) is 0. The van der Waals surface area contributed by atoms with Crippen LogP contribution in [-0.2, 0) is 20.9 Å². The molecule has 8 nitrogen and oxygen atoms in total. The van der Waals surface area contributed by atoms with Crippen LogP contribution in [0.25, 0.3) is 0 Å². The minimum atomic E-state index is -0.629. The molecule has 3 N–H and O–H groups in total. The third-order valence-electron chi connectivity index (χ3n) is 6.05. The van der Waals surface area contributed by atoms with E-state index in [2.05, 4.69) is 16.0 Å². The molecule has 3 aliphatic heterocycles. The first-order chi connectivity index (χ1) is 14.0. The normalized spacial score (nSPS) is 22.4. The third-order valence-corrected chi connectivity index (χ3v) is 6.05. The van der Waals surface area contributed by atoms with Crippen LogP contribution >= 0.6 is 0 Å². The van der Waals surface area contributed by atoms with Gasteiger partial charge in [-0.1, -0.05) is 0 Å². The SMILES string of the molecule is O=C1CCC(N2Cc3cc(NC(=O)CCC4CCNCC4)ccc3C2=O)C(=O)N1. The molecule has 0 aromatic heterocycles. The molecule has 2 saturated heterocycles. The maximum Gasteiger partial charge on any atom is 0.255 e. The van der Waals surface area contributed by atoms with E-state index >= 15 is 0 Å². The molecule has 0 spiro atoms. The second-order valence-corrected chi connectivity index (χ2v) is 8.05. The predicted molar refractivity (Wildman–Crippen MR) is 106 cm³/mol. The molecule has 2 fully saturated rings. The van der Waals surface area contributed by atoms with Gasteiger partial charge in [0, 0.05) is 30.6 Å². The molecule has 154 valence electrons. The summed E-state index contributed by atoms with van der Waals surface area (Å²) in [5, 5.41) is 8.55. The fraction of sp³-hybridized carbons (Fsp3) is 0.524. The predicted octanol–water partition coefficient (Wildman–Crippen LogP) is 1.17. The van der Waals surface area contributed by atoms with E-state index in [0.717, 1.165) is 37.9 Å². The van der Waals surface area contributed by atoms with Crippen LogP contribution in [-0.4, -0.2) is 47.7 Å². The van der Waals surface area contributed by atoms with Crippen molar-refractivity contribution >= 4 is 29.3 Å². The minimum absolute atomic E-state index is 0.0187. The number of fused-ring (bicyclic) bond motifs is 1. The van der Waals surface area contributed by atoms with Crippen molar-refractivity contribution in [3.63, 3.8) is 0 Å². The lowest BCUT2D eigenvalue weighted by Crippen LogP contribution is -2.52. The van der Waals surface area contributed by atoms with Gasteiger partial charge in [0.05, 0.1) is 0 Å². The van der Waals surface area contributed by atoms with Crippen molar-refractivity contribution in [1.82, 2.24) is 15.5 Å². The van der Waals surface area contributed by atoms with Gasteiger partial charge in [-0.25, -0.2) is 0 Å². The van der Waals surface area contributed by atoms with E-state index in [1.807, 2.05) is 6.07 Å². The van der Waals surface area contributed by atoms with E-state index in [4.69, 9.17) is 0 Å². The fourth-order valence-electron chi connectivity index (χ4n) is 4.38. The zero-order valence-electron chi connectivity index (χ0n) is 16.3. The average Bonchev–Trinajstić information content (AvgIpc) is 3.03. The highest BCUT2D eigenvalue weighted by Gasteiger charge is 2.39. The van der Waals surface area contributed by atoms with Crippen LogP contribution in [0.15, 0.2) is 18.2 Å². The Morgan fingerprint density at radius 1 is 1.14 bits per heavy atom. The number of piperidine rings is 2. The van der Waals surface area contributed by atoms with Crippen LogP contribution in [0.1, 0.15) is 54.4 Å². The van der Waals surface area contributed by atoms with Crippen LogP contribution in [0.5, 0.6) is 0 Å². The molecule has 29 heavy (non-hydrogen) atoms. The summed E-state index contributed by atoms with van der Waals surface area (Å²) in [6, 6.07) is 4.61. The maximum atomic E-state index is 12.7. The van der Waals surface area contributed by atoms with E-state index in [9.17, 15) is 19.2 Å². The molecule has 0 bridgehead atoms. The van der Waals surface area contributed by atoms with E-state index < -0.39 is 11.9 Å². The van der Waals surface area contributed by atoms with Gasteiger partial charge in [-0.15, -0.1) is 0 Å². The first kappa shape index (κ1) is 19.6. The molecule has 4 amide bonds. The second kappa shape index (κ2) is 8.32. The molecule has 1 aromatic carbocycles. The second-order valence-electron chi connectivity index (χ2n) is 8.05. The molecular weight excluding hydrogens is 372 g/mol. The molecular formula is C21H26N4O4. The topological polar surface area (TPSA) is 108 Å². The van der Waals surface area contributed by atoms with E-state index in [1.54, 1.807) is 12.1 Å². The number of amides is 4. The first-order valence-electron chi connectivity index (χ1n) is 10.3. The van der Waals surface area contributed by atoms with Crippen molar-refractivity contribution in [2.24, 2.45) is 5.92 Å². The standard InChI is InChI=1S/C21H26N4O4/c26-18(5-1-13-7-9-22-10-8-13)23-15-2-3-16-14(11-15)12-25(21(16)29)17-4-6-19(27)24-20(17)28/h2-3,11,13,17,22H,1,4-10,12H2,(H,23,26)(H,24,27,28). The van der Waals surface area contributed by atoms with Crippen molar-refractivity contribution in [3.05, 3.63) is 29.3 Å². The number of carbonyl (C=O) groups excluding carboxylic acids is 4. The number of hydrogen-bond donors (Lipinski definition) is 3. The van der Waals surface area contributed by atoms with Crippen LogP contribution in [0.3, 0.4) is 0 Å². The van der Waals surface area contributed by atoms with Crippen LogP contribution in [0.2, 0.25) is 0 Å². The third kappa shape index (κ3) is 4.32. The summed E-state index contributed by atoms with van der Waals surface area (Å²) < 4.78 is 0. The van der Waals surface area contributed by atoms with E-state index in [-0.39, 0.29) is 24.1 Å². The number of nitrogens with zero attached hydrogens (tertiary/aromatic N) is 1. The molecule has 1 atom stereocenters. The van der Waals surface area contributed by atoms with Crippen LogP contribution in [0.4, 0.5) is 5.69 Å². The Morgan fingerprint density at radius 2 is 1.93 bits per heavy atom. The lowest BCUT2D eigenvalue weighted by molar-refractivity contribution is -0.137.